The average Bonchev–Trinajstić information content (AvgIpc) is 3.04. The molecule has 2 atom stereocenters. The second-order valence-corrected chi connectivity index (χ2v) is 11.5. The highest BCUT2D eigenvalue weighted by molar-refractivity contribution is 5.89. The predicted molar refractivity (Wildman–Crippen MR) is 163 cm³/mol. The van der Waals surface area contributed by atoms with Gasteiger partial charge in [0.15, 0.2) is 0 Å². The highest BCUT2D eigenvalue weighted by Crippen LogP contribution is 2.37. The molecule has 2 heterocycles. The summed E-state index contributed by atoms with van der Waals surface area (Å²) in [5.74, 6) is -1.49. The van der Waals surface area contributed by atoms with Crippen molar-refractivity contribution in [3.63, 3.8) is 0 Å². The molecule has 0 radical (unpaired) electrons. The smallest absolute Gasteiger partial charge is 0.336 e. The van der Waals surface area contributed by atoms with Gasteiger partial charge in [-0.3, -0.25) is 9.97 Å². The molecule has 0 saturated carbocycles. The minimum atomic E-state index is -0.924. The van der Waals surface area contributed by atoms with E-state index in [0.717, 1.165) is 84.7 Å². The van der Waals surface area contributed by atoms with Crippen LogP contribution >= 0.6 is 0 Å². The van der Waals surface area contributed by atoms with E-state index in [0.29, 0.717) is 35.8 Å². The number of hydrogen-bond acceptors (Lipinski definition) is 4. The zero-order valence-corrected chi connectivity index (χ0v) is 24.5. The van der Waals surface area contributed by atoms with E-state index in [4.69, 9.17) is 0 Å². The van der Waals surface area contributed by atoms with Gasteiger partial charge in [0.2, 0.25) is 0 Å². The zero-order chi connectivity index (χ0) is 31.1. The number of rotatable bonds is 8. The molecule has 6 nitrogen and oxygen atoms in total. The summed E-state index contributed by atoms with van der Waals surface area (Å²) >= 11 is 0. The molecule has 0 amide bonds. The van der Waals surface area contributed by atoms with E-state index in [1.54, 1.807) is 24.5 Å². The molecular weight excluding hydrogens is 562 g/mol. The van der Waals surface area contributed by atoms with Gasteiger partial charge in [0.1, 0.15) is 11.6 Å². The SMILES string of the molecule is O=C(O)c1ccncc1CC[C@@H]1CCCc2c(F)cccc21.O=C(O)c1ccncc1CC[C@H]1CCCc2c(F)cccc21. The van der Waals surface area contributed by atoms with Crippen LogP contribution in [0.2, 0.25) is 0 Å². The number of carboxylic acids is 2. The van der Waals surface area contributed by atoms with Gasteiger partial charge in [-0.1, -0.05) is 24.3 Å². The number of carbonyl (C=O) groups is 2. The Balaban J connectivity index is 0.000000175. The van der Waals surface area contributed by atoms with Crippen LogP contribution in [0, 0.1) is 11.6 Å². The van der Waals surface area contributed by atoms with Crippen LogP contribution in [0.1, 0.15) is 104 Å². The quantitative estimate of drug-likeness (QED) is 0.214. The van der Waals surface area contributed by atoms with Crippen LogP contribution in [0.5, 0.6) is 0 Å². The molecule has 0 spiro atoms. The first-order chi connectivity index (χ1) is 21.3. The number of halogens is 2. The maximum absolute atomic E-state index is 13.9. The zero-order valence-electron chi connectivity index (χ0n) is 24.5. The predicted octanol–water partition coefficient (Wildman–Crippen LogP) is 7.94. The molecular formula is C36H36F2N2O4. The van der Waals surface area contributed by atoms with Gasteiger partial charge in [0, 0.05) is 24.8 Å². The van der Waals surface area contributed by atoms with Gasteiger partial charge in [-0.15, -0.1) is 0 Å². The monoisotopic (exact) mass is 598 g/mol. The van der Waals surface area contributed by atoms with E-state index in [2.05, 4.69) is 9.97 Å². The fourth-order valence-electron chi connectivity index (χ4n) is 6.73. The number of hydrogen-bond donors (Lipinski definition) is 2. The number of aromatic nitrogens is 2. The first-order valence-electron chi connectivity index (χ1n) is 15.2. The number of benzene rings is 2. The Morgan fingerprint density at radius 3 is 1.52 bits per heavy atom. The molecule has 2 aliphatic rings. The largest absolute Gasteiger partial charge is 0.478 e. The van der Waals surface area contributed by atoms with Crippen molar-refractivity contribution in [3.05, 3.63) is 129 Å². The molecule has 8 heteroatoms. The van der Waals surface area contributed by atoms with Crippen molar-refractivity contribution in [2.24, 2.45) is 0 Å². The lowest BCUT2D eigenvalue weighted by Gasteiger charge is -2.26. The number of aromatic carboxylic acids is 2. The number of carboxylic acid groups (broad SMARTS) is 2. The molecule has 4 aromatic rings. The Morgan fingerprint density at radius 1 is 0.682 bits per heavy atom. The summed E-state index contributed by atoms with van der Waals surface area (Å²) in [5.41, 5.74) is 5.97. The van der Waals surface area contributed by atoms with Crippen LogP contribution in [-0.2, 0) is 25.7 Å². The molecule has 2 aliphatic carbocycles. The van der Waals surface area contributed by atoms with E-state index >= 15 is 0 Å². The number of fused-ring (bicyclic) bond motifs is 2. The second kappa shape index (κ2) is 14.3. The van der Waals surface area contributed by atoms with Crippen molar-refractivity contribution in [1.82, 2.24) is 9.97 Å². The van der Waals surface area contributed by atoms with Gasteiger partial charge in [-0.05, 0) is 134 Å². The van der Waals surface area contributed by atoms with Crippen molar-refractivity contribution < 1.29 is 28.6 Å². The van der Waals surface area contributed by atoms with E-state index < -0.39 is 11.9 Å². The Labute approximate surface area is 255 Å². The summed E-state index contributed by atoms with van der Waals surface area (Å²) in [6, 6.07) is 13.6. The molecule has 228 valence electrons. The fraction of sp³-hybridized carbons (Fsp3) is 0.333. The van der Waals surface area contributed by atoms with Crippen molar-refractivity contribution >= 4 is 11.9 Å². The lowest BCUT2D eigenvalue weighted by molar-refractivity contribution is 0.0684. The van der Waals surface area contributed by atoms with Crippen LogP contribution in [0.4, 0.5) is 8.78 Å². The standard InChI is InChI=1S/2C18H18FNO2/c2*19-17-6-2-4-14-12(3-1-5-16(14)17)7-8-13-11-20-10-9-15(13)18(21)22/h2*2,4,6,9-12H,1,3,5,7-8H2,(H,21,22)/t2*12-/m10/s1. The van der Waals surface area contributed by atoms with Crippen molar-refractivity contribution in [1.29, 1.82) is 0 Å². The maximum Gasteiger partial charge on any atom is 0.336 e. The van der Waals surface area contributed by atoms with E-state index in [1.807, 2.05) is 12.1 Å². The summed E-state index contributed by atoms with van der Waals surface area (Å²) < 4.78 is 27.8. The van der Waals surface area contributed by atoms with Crippen LogP contribution in [0.25, 0.3) is 0 Å². The second-order valence-electron chi connectivity index (χ2n) is 11.5. The highest BCUT2D eigenvalue weighted by Gasteiger charge is 2.24. The van der Waals surface area contributed by atoms with Gasteiger partial charge in [0.05, 0.1) is 11.1 Å². The fourth-order valence-corrected chi connectivity index (χ4v) is 6.73. The van der Waals surface area contributed by atoms with E-state index in [9.17, 15) is 28.6 Å². The molecule has 2 N–H and O–H groups in total. The van der Waals surface area contributed by atoms with Crippen LogP contribution in [-0.4, -0.2) is 32.1 Å². The van der Waals surface area contributed by atoms with Crippen molar-refractivity contribution in [2.75, 3.05) is 0 Å². The number of aryl methyl sites for hydroxylation is 2. The van der Waals surface area contributed by atoms with Crippen LogP contribution in [0.3, 0.4) is 0 Å². The molecule has 0 bridgehead atoms. The minimum absolute atomic E-state index is 0.116. The molecule has 2 aromatic heterocycles. The van der Waals surface area contributed by atoms with Gasteiger partial charge < -0.3 is 10.2 Å². The Hall–Kier alpha value is -4.46. The lowest BCUT2D eigenvalue weighted by atomic mass is 9.79. The van der Waals surface area contributed by atoms with E-state index in [1.165, 1.54) is 36.7 Å². The topological polar surface area (TPSA) is 100 Å². The number of pyridine rings is 2. The summed E-state index contributed by atoms with van der Waals surface area (Å²) in [6.07, 6.45) is 14.8. The minimum Gasteiger partial charge on any atom is -0.478 e. The van der Waals surface area contributed by atoms with Gasteiger partial charge >= 0.3 is 11.9 Å². The third kappa shape index (κ3) is 7.18. The normalized spacial score (nSPS) is 17.0. The lowest BCUT2D eigenvalue weighted by Crippen LogP contribution is -2.13. The van der Waals surface area contributed by atoms with Gasteiger partial charge in [-0.2, -0.15) is 0 Å². The number of nitrogens with zero attached hydrogens (tertiary/aromatic N) is 2. The molecule has 2 aromatic carbocycles. The molecule has 0 saturated heterocycles. The third-order valence-electron chi connectivity index (χ3n) is 8.94. The maximum atomic E-state index is 13.9. The van der Waals surface area contributed by atoms with Crippen molar-refractivity contribution in [2.45, 2.75) is 76.0 Å². The van der Waals surface area contributed by atoms with Gasteiger partial charge in [0.25, 0.3) is 0 Å². The molecule has 0 aliphatic heterocycles. The first kappa shape index (κ1) is 31.0. The average molecular weight is 599 g/mol. The summed E-state index contributed by atoms with van der Waals surface area (Å²) in [4.78, 5) is 30.5. The molecule has 44 heavy (non-hydrogen) atoms. The highest BCUT2D eigenvalue weighted by atomic mass is 19.1. The van der Waals surface area contributed by atoms with Crippen LogP contribution < -0.4 is 0 Å². The molecule has 6 rings (SSSR count). The third-order valence-corrected chi connectivity index (χ3v) is 8.94. The Morgan fingerprint density at radius 2 is 1.11 bits per heavy atom. The first-order valence-corrected chi connectivity index (χ1v) is 15.2. The Bertz CT molecular complexity index is 1520. The summed E-state index contributed by atoms with van der Waals surface area (Å²) in [5, 5.41) is 18.4. The summed E-state index contributed by atoms with van der Waals surface area (Å²) in [6.45, 7) is 0. The Kier molecular flexibility index (Phi) is 10.1. The molecule has 0 fully saturated rings. The van der Waals surface area contributed by atoms with Crippen molar-refractivity contribution in [3.8, 4) is 0 Å². The van der Waals surface area contributed by atoms with Crippen LogP contribution in [0.15, 0.2) is 73.3 Å². The molecule has 0 unspecified atom stereocenters. The van der Waals surface area contributed by atoms with Gasteiger partial charge in [-0.25, -0.2) is 18.4 Å². The summed E-state index contributed by atoms with van der Waals surface area (Å²) in [7, 11) is 0. The van der Waals surface area contributed by atoms with E-state index in [-0.39, 0.29) is 11.6 Å².